The smallest absolute Gasteiger partial charge is 0.259 e. The number of alkyl halides is 1. The molecule has 5 heterocycles. The van der Waals surface area contributed by atoms with Gasteiger partial charge >= 0.3 is 0 Å². The van der Waals surface area contributed by atoms with Gasteiger partial charge in [0.2, 0.25) is 0 Å². The van der Waals surface area contributed by atoms with Crippen LogP contribution >= 0.6 is 0 Å². The van der Waals surface area contributed by atoms with Gasteiger partial charge in [0.1, 0.15) is 24.1 Å². The summed E-state index contributed by atoms with van der Waals surface area (Å²) in [6.45, 7) is 1.21. The molecule has 0 radical (unpaired) electrons. The monoisotopic (exact) mass is 539 g/mol. The molecule has 0 spiro atoms. The van der Waals surface area contributed by atoms with Crippen molar-refractivity contribution in [2.45, 2.75) is 44.2 Å². The van der Waals surface area contributed by atoms with Gasteiger partial charge in [0, 0.05) is 27.6 Å². The number of nitrogens with one attached hydrogen (secondary N) is 1. The number of imide groups is 1. The van der Waals surface area contributed by atoms with Crippen LogP contribution in [0.25, 0.3) is 43.6 Å². The fraction of sp³-hybridized carbons (Fsp3) is 0.259. The Morgan fingerprint density at radius 3 is 2.21 bits per heavy atom. The van der Waals surface area contributed by atoms with Crippen LogP contribution in [0.15, 0.2) is 24.3 Å². The minimum atomic E-state index is -2.05. The van der Waals surface area contributed by atoms with Crippen molar-refractivity contribution in [2.24, 2.45) is 0 Å². The molecule has 12 heteroatoms. The van der Waals surface area contributed by atoms with Crippen molar-refractivity contribution in [3.63, 3.8) is 0 Å². The Kier molecular flexibility index (Phi) is 4.20. The molecule has 2 bridgehead atoms. The highest BCUT2D eigenvalue weighted by molar-refractivity contribution is 6.39. The molecule has 5 unspecified atom stereocenters. The molecule has 198 valence electrons. The Labute approximate surface area is 215 Å². The number of carbonyl (C=O) groups is 2. The number of hydrogen-bond acceptors (Lipinski definition) is 5. The van der Waals surface area contributed by atoms with Crippen LogP contribution in [0, 0.1) is 24.4 Å². The van der Waals surface area contributed by atoms with E-state index in [1.54, 1.807) is 0 Å². The van der Waals surface area contributed by atoms with Crippen molar-refractivity contribution >= 4 is 55.4 Å². The van der Waals surface area contributed by atoms with Crippen molar-refractivity contribution in [1.29, 1.82) is 0 Å². The van der Waals surface area contributed by atoms with E-state index in [2.05, 4.69) is 5.32 Å². The first-order valence-electron chi connectivity index (χ1n) is 12.2. The van der Waals surface area contributed by atoms with Crippen LogP contribution < -0.4 is 5.32 Å². The van der Waals surface area contributed by atoms with E-state index < -0.39 is 60.0 Å². The van der Waals surface area contributed by atoms with Crippen LogP contribution in [-0.2, 0) is 11.3 Å². The number of fused-ring (bicyclic) bond motifs is 12. The van der Waals surface area contributed by atoms with Crippen molar-refractivity contribution in [3.05, 3.63) is 58.4 Å². The maximum Gasteiger partial charge on any atom is 0.259 e. The number of benzene rings is 3. The van der Waals surface area contributed by atoms with Crippen molar-refractivity contribution in [2.75, 3.05) is 0 Å². The minimum Gasteiger partial charge on any atom is -0.387 e. The van der Waals surface area contributed by atoms with Crippen LogP contribution in [0.5, 0.6) is 0 Å². The number of aliphatic hydroxyl groups is 2. The van der Waals surface area contributed by atoms with E-state index in [-0.39, 0.29) is 66.8 Å². The lowest BCUT2D eigenvalue weighted by Gasteiger charge is -2.42. The summed E-state index contributed by atoms with van der Waals surface area (Å²) in [5.41, 5.74) is 0.849. The summed E-state index contributed by atoms with van der Waals surface area (Å²) in [7, 11) is 0. The summed E-state index contributed by atoms with van der Waals surface area (Å²) >= 11 is 0. The Balaban J connectivity index is 1.73. The molecular formula is C27H17F4N3O5. The lowest BCUT2D eigenvalue weighted by molar-refractivity contribution is -0.229. The number of hydrogen-bond donors (Lipinski definition) is 3. The average molecular weight is 539 g/mol. The highest BCUT2D eigenvalue weighted by Gasteiger charge is 2.49. The highest BCUT2D eigenvalue weighted by atomic mass is 19.2. The molecule has 3 aliphatic rings. The topological polar surface area (TPSA) is 106 Å². The van der Waals surface area contributed by atoms with E-state index in [9.17, 15) is 33.0 Å². The average Bonchev–Trinajstić information content (AvgIpc) is 3.46. The molecule has 8 nitrogen and oxygen atoms in total. The Morgan fingerprint density at radius 1 is 0.872 bits per heavy atom. The van der Waals surface area contributed by atoms with Gasteiger partial charge < -0.3 is 24.1 Å². The maximum atomic E-state index is 15.4. The van der Waals surface area contributed by atoms with E-state index in [0.29, 0.717) is 0 Å². The van der Waals surface area contributed by atoms with Gasteiger partial charge in [0.15, 0.2) is 24.0 Å². The van der Waals surface area contributed by atoms with Crippen LogP contribution in [0.1, 0.15) is 32.5 Å². The molecule has 3 aromatic carbocycles. The molecule has 2 amide bonds. The van der Waals surface area contributed by atoms with Crippen molar-refractivity contribution in [1.82, 2.24) is 14.5 Å². The standard InChI is InChI=1S/C27H17F4N3O5/c1-7-2-14-9(3-10(7)28)17-19-18(25(37)32-26(19)38)16-8-4-11(29)12(30)5-13(8)33-6-15-20(31)23(35)24(36)27(39-15)34(14)22(17)21(16)33/h2-5,15,20,23-24,27,35-36H,6H2,1H3,(H,32,37,38). The zero-order chi connectivity index (χ0) is 27.2. The minimum absolute atomic E-state index is 0.0929. The SMILES string of the molecule is Cc1cc2c(cc1F)c1c3c(c4c5cc(F)c(F)cc5n5c4c1n2C1OC(C5)C(F)C(O)C1O)C(=O)NC3=O. The summed E-state index contributed by atoms with van der Waals surface area (Å²) in [6.07, 6.45) is -8.39. The predicted molar refractivity (Wildman–Crippen MR) is 130 cm³/mol. The zero-order valence-electron chi connectivity index (χ0n) is 19.9. The number of halogens is 4. The first-order valence-corrected chi connectivity index (χ1v) is 12.2. The summed E-state index contributed by atoms with van der Waals surface area (Å²) in [6, 6.07) is 4.47. The number of aromatic nitrogens is 2. The van der Waals surface area contributed by atoms with E-state index in [1.807, 2.05) is 0 Å². The number of carbonyl (C=O) groups excluding carboxylic acids is 2. The third kappa shape index (κ3) is 2.59. The molecule has 3 aliphatic heterocycles. The Morgan fingerprint density at radius 2 is 1.49 bits per heavy atom. The highest BCUT2D eigenvalue weighted by Crippen LogP contribution is 2.49. The van der Waals surface area contributed by atoms with E-state index >= 15 is 4.39 Å². The summed E-state index contributed by atoms with van der Waals surface area (Å²) in [5.74, 6) is -4.53. The molecule has 2 aromatic heterocycles. The summed E-state index contributed by atoms with van der Waals surface area (Å²) in [4.78, 5) is 26.4. The van der Waals surface area contributed by atoms with Gasteiger partial charge in [-0.3, -0.25) is 14.9 Å². The molecule has 5 atom stereocenters. The first kappa shape index (κ1) is 22.9. The van der Waals surface area contributed by atoms with Crippen LogP contribution in [0.2, 0.25) is 0 Å². The molecule has 39 heavy (non-hydrogen) atoms. The molecule has 1 fully saturated rings. The van der Waals surface area contributed by atoms with Gasteiger partial charge in [-0.25, -0.2) is 17.6 Å². The predicted octanol–water partition coefficient (Wildman–Crippen LogP) is 3.48. The van der Waals surface area contributed by atoms with Crippen molar-refractivity contribution in [3.8, 4) is 0 Å². The van der Waals surface area contributed by atoms with E-state index in [0.717, 1.165) is 12.1 Å². The van der Waals surface area contributed by atoms with Crippen LogP contribution in [0.3, 0.4) is 0 Å². The number of aliphatic hydroxyl groups excluding tert-OH is 2. The second kappa shape index (κ2) is 7.14. The molecule has 3 N–H and O–H groups in total. The maximum absolute atomic E-state index is 15.4. The second-order valence-corrected chi connectivity index (χ2v) is 10.4. The van der Waals surface area contributed by atoms with Gasteiger partial charge in [-0.2, -0.15) is 0 Å². The van der Waals surface area contributed by atoms with Gasteiger partial charge in [0.25, 0.3) is 11.8 Å². The number of aryl methyl sites for hydroxylation is 1. The molecule has 0 saturated carbocycles. The van der Waals surface area contributed by atoms with Gasteiger partial charge in [-0.15, -0.1) is 0 Å². The lowest BCUT2D eigenvalue weighted by atomic mass is 9.95. The normalized spacial score (nSPS) is 26.2. The van der Waals surface area contributed by atoms with Gasteiger partial charge in [-0.1, -0.05) is 0 Å². The third-order valence-electron chi connectivity index (χ3n) is 8.30. The zero-order valence-corrected chi connectivity index (χ0v) is 19.9. The van der Waals surface area contributed by atoms with E-state index in [4.69, 9.17) is 4.74 Å². The Bertz CT molecular complexity index is 2010. The number of rotatable bonds is 0. The molecule has 5 aromatic rings. The van der Waals surface area contributed by atoms with Crippen LogP contribution in [-0.4, -0.2) is 55.6 Å². The molecule has 1 saturated heterocycles. The second-order valence-electron chi connectivity index (χ2n) is 10.4. The van der Waals surface area contributed by atoms with Crippen LogP contribution in [0.4, 0.5) is 17.6 Å². The van der Waals surface area contributed by atoms with Crippen molar-refractivity contribution < 1.29 is 42.1 Å². The first-order chi connectivity index (χ1) is 18.6. The van der Waals surface area contributed by atoms with E-state index in [1.165, 1.54) is 28.2 Å². The third-order valence-corrected chi connectivity index (χ3v) is 8.30. The molecule has 8 rings (SSSR count). The summed E-state index contributed by atoms with van der Waals surface area (Å²) < 4.78 is 68.4. The number of amides is 2. The lowest BCUT2D eigenvalue weighted by Crippen LogP contribution is -2.55. The molecule has 0 aliphatic carbocycles. The quantitative estimate of drug-likeness (QED) is 0.207. The number of nitrogens with zero attached hydrogens (tertiary/aromatic N) is 2. The fourth-order valence-electron chi connectivity index (χ4n) is 6.60. The Hall–Kier alpha value is -4.00. The number of ether oxygens (including phenoxy) is 1. The van der Waals surface area contributed by atoms with Gasteiger partial charge in [0.05, 0.1) is 39.7 Å². The summed E-state index contributed by atoms with van der Waals surface area (Å²) in [5, 5.41) is 24.5. The van der Waals surface area contributed by atoms with Gasteiger partial charge in [-0.05, 0) is 30.7 Å². The largest absolute Gasteiger partial charge is 0.387 e. The molecular weight excluding hydrogens is 522 g/mol. The fourth-order valence-corrected chi connectivity index (χ4v) is 6.60.